The van der Waals surface area contributed by atoms with E-state index in [9.17, 15) is 4.79 Å². The van der Waals surface area contributed by atoms with E-state index in [1.54, 1.807) is 0 Å². The fourth-order valence-corrected chi connectivity index (χ4v) is 3.49. The van der Waals surface area contributed by atoms with E-state index in [-0.39, 0.29) is 5.41 Å². The Morgan fingerprint density at radius 3 is 2.26 bits per heavy atom. The summed E-state index contributed by atoms with van der Waals surface area (Å²) in [6.07, 6.45) is 9.45. The van der Waals surface area contributed by atoms with Crippen molar-refractivity contribution in [3.63, 3.8) is 0 Å². The molecule has 3 fully saturated rings. The molecule has 108 valence electrons. The summed E-state index contributed by atoms with van der Waals surface area (Å²) in [7, 11) is 0. The Labute approximate surface area is 116 Å². The molecular formula is C16H28N2O. The first-order valence-electron chi connectivity index (χ1n) is 8.16. The van der Waals surface area contributed by atoms with Crippen molar-refractivity contribution in [2.75, 3.05) is 13.1 Å². The first kappa shape index (κ1) is 13.4. The topological polar surface area (TPSA) is 46.3 Å². The van der Waals surface area contributed by atoms with Crippen molar-refractivity contribution in [1.82, 2.24) is 4.90 Å². The maximum absolute atomic E-state index is 13.0. The fraction of sp³-hybridized carbons (Fsp3) is 0.938. The molecule has 3 heteroatoms. The maximum atomic E-state index is 13.0. The number of nitrogens with zero attached hydrogens (tertiary/aromatic N) is 1. The minimum Gasteiger partial charge on any atom is -0.339 e. The lowest BCUT2D eigenvalue weighted by molar-refractivity contribution is -0.145. The van der Waals surface area contributed by atoms with Crippen molar-refractivity contribution in [3.05, 3.63) is 0 Å². The monoisotopic (exact) mass is 264 g/mol. The molecule has 0 heterocycles. The van der Waals surface area contributed by atoms with Gasteiger partial charge in [-0.05, 0) is 63.2 Å². The van der Waals surface area contributed by atoms with Crippen molar-refractivity contribution in [3.8, 4) is 0 Å². The molecule has 1 amide bonds. The molecule has 3 aliphatic rings. The van der Waals surface area contributed by atoms with Crippen LogP contribution in [0.3, 0.4) is 0 Å². The Bertz CT molecular complexity index is 339. The lowest BCUT2D eigenvalue weighted by Crippen LogP contribution is -2.51. The molecule has 19 heavy (non-hydrogen) atoms. The average Bonchev–Trinajstić information content (AvgIpc) is 3.28. The predicted molar refractivity (Wildman–Crippen MR) is 76.6 cm³/mol. The van der Waals surface area contributed by atoms with Crippen molar-refractivity contribution >= 4 is 5.91 Å². The summed E-state index contributed by atoms with van der Waals surface area (Å²) in [6.45, 7) is 3.86. The summed E-state index contributed by atoms with van der Waals surface area (Å²) in [4.78, 5) is 15.3. The van der Waals surface area contributed by atoms with Gasteiger partial charge in [0, 0.05) is 19.1 Å². The first-order chi connectivity index (χ1) is 9.14. The van der Waals surface area contributed by atoms with Gasteiger partial charge >= 0.3 is 0 Å². The van der Waals surface area contributed by atoms with Crippen LogP contribution in [0.25, 0.3) is 0 Å². The van der Waals surface area contributed by atoms with Gasteiger partial charge in [-0.25, -0.2) is 0 Å². The largest absolute Gasteiger partial charge is 0.339 e. The molecule has 2 N–H and O–H groups in total. The number of hydrogen-bond donors (Lipinski definition) is 1. The van der Waals surface area contributed by atoms with Gasteiger partial charge in [0.2, 0.25) is 5.91 Å². The van der Waals surface area contributed by atoms with Crippen LogP contribution in [0.1, 0.15) is 58.3 Å². The Hall–Kier alpha value is -0.570. The van der Waals surface area contributed by atoms with Gasteiger partial charge in [-0.1, -0.05) is 6.92 Å². The van der Waals surface area contributed by atoms with Gasteiger partial charge in [0.25, 0.3) is 0 Å². The van der Waals surface area contributed by atoms with Crippen LogP contribution in [0.15, 0.2) is 0 Å². The van der Waals surface area contributed by atoms with Gasteiger partial charge in [-0.2, -0.15) is 0 Å². The molecule has 0 spiro atoms. The molecule has 0 atom stereocenters. The van der Waals surface area contributed by atoms with Gasteiger partial charge in [-0.3, -0.25) is 4.79 Å². The second-order valence-electron chi connectivity index (χ2n) is 7.30. The highest BCUT2D eigenvalue weighted by molar-refractivity contribution is 5.83. The van der Waals surface area contributed by atoms with Gasteiger partial charge < -0.3 is 10.6 Å². The molecule has 0 aromatic rings. The van der Waals surface area contributed by atoms with Crippen LogP contribution in [0.5, 0.6) is 0 Å². The molecule has 3 aliphatic carbocycles. The fourth-order valence-electron chi connectivity index (χ4n) is 3.49. The molecule has 0 aromatic carbocycles. The zero-order valence-electron chi connectivity index (χ0n) is 12.2. The van der Waals surface area contributed by atoms with Crippen LogP contribution in [0.2, 0.25) is 0 Å². The molecule has 0 bridgehead atoms. The summed E-state index contributed by atoms with van der Waals surface area (Å²) in [6, 6.07) is 0.552. The molecule has 3 nitrogen and oxygen atoms in total. The van der Waals surface area contributed by atoms with E-state index >= 15 is 0 Å². The van der Waals surface area contributed by atoms with Crippen LogP contribution in [0.4, 0.5) is 0 Å². The standard InChI is InChI=1S/C16H28N2O/c1-12-6-8-16(11-17,9-7-12)15(19)18(14-4-5-14)10-13-2-3-13/h12-14H,2-11,17H2,1H3. The second-order valence-corrected chi connectivity index (χ2v) is 7.30. The first-order valence-corrected chi connectivity index (χ1v) is 8.16. The van der Waals surface area contributed by atoms with Crippen LogP contribution in [-0.2, 0) is 4.79 Å². The Morgan fingerprint density at radius 1 is 1.16 bits per heavy atom. The number of nitrogens with two attached hydrogens (primary N) is 1. The lowest BCUT2D eigenvalue weighted by atomic mass is 9.70. The number of carbonyl (C=O) groups excluding carboxylic acids is 1. The number of amides is 1. The molecule has 3 rings (SSSR count). The highest BCUT2D eigenvalue weighted by Gasteiger charge is 2.46. The molecular weight excluding hydrogens is 236 g/mol. The highest BCUT2D eigenvalue weighted by Crippen LogP contribution is 2.43. The zero-order valence-corrected chi connectivity index (χ0v) is 12.2. The van der Waals surface area contributed by atoms with Crippen LogP contribution in [0, 0.1) is 17.3 Å². The van der Waals surface area contributed by atoms with Crippen LogP contribution < -0.4 is 5.73 Å². The van der Waals surface area contributed by atoms with Crippen molar-refractivity contribution in [1.29, 1.82) is 0 Å². The molecule has 0 saturated heterocycles. The summed E-state index contributed by atoms with van der Waals surface area (Å²) < 4.78 is 0. The third-order valence-electron chi connectivity index (χ3n) is 5.48. The van der Waals surface area contributed by atoms with Crippen LogP contribution in [-0.4, -0.2) is 29.9 Å². The minimum atomic E-state index is -0.218. The second kappa shape index (κ2) is 5.08. The van der Waals surface area contributed by atoms with Crippen LogP contribution >= 0.6 is 0 Å². The third kappa shape index (κ3) is 2.81. The SMILES string of the molecule is CC1CCC(CN)(C(=O)N(CC2CC2)C2CC2)CC1. The third-order valence-corrected chi connectivity index (χ3v) is 5.48. The lowest BCUT2D eigenvalue weighted by Gasteiger charge is -2.41. The maximum Gasteiger partial charge on any atom is 0.230 e. The summed E-state index contributed by atoms with van der Waals surface area (Å²) in [5.74, 6) is 1.96. The van der Waals surface area contributed by atoms with E-state index < -0.39 is 0 Å². The normalized spacial score (nSPS) is 35.2. The quantitative estimate of drug-likeness (QED) is 0.829. The molecule has 0 unspecified atom stereocenters. The smallest absolute Gasteiger partial charge is 0.230 e. The number of rotatable bonds is 5. The zero-order chi connectivity index (χ0) is 13.5. The van der Waals surface area contributed by atoms with Crippen molar-refractivity contribution < 1.29 is 4.79 Å². The van der Waals surface area contributed by atoms with Gasteiger partial charge in [0.1, 0.15) is 0 Å². The number of hydrogen-bond acceptors (Lipinski definition) is 2. The molecule has 0 aromatic heterocycles. The van der Waals surface area contributed by atoms with E-state index in [1.807, 2.05) is 0 Å². The molecule has 0 aliphatic heterocycles. The van der Waals surface area contributed by atoms with Gasteiger partial charge in [0.05, 0.1) is 5.41 Å². The van der Waals surface area contributed by atoms with Crippen molar-refractivity contribution in [2.24, 2.45) is 23.0 Å². The molecule has 3 saturated carbocycles. The predicted octanol–water partition coefficient (Wildman–Crippen LogP) is 2.54. The Balaban J connectivity index is 1.71. The summed E-state index contributed by atoms with van der Waals surface area (Å²) in [5, 5.41) is 0. The van der Waals surface area contributed by atoms with Crippen molar-refractivity contribution in [2.45, 2.75) is 64.3 Å². The summed E-state index contributed by atoms with van der Waals surface area (Å²) >= 11 is 0. The van der Waals surface area contributed by atoms with E-state index in [4.69, 9.17) is 5.73 Å². The Kier molecular flexibility index (Phi) is 3.59. The average molecular weight is 264 g/mol. The van der Waals surface area contributed by atoms with E-state index in [1.165, 1.54) is 38.5 Å². The Morgan fingerprint density at radius 2 is 1.79 bits per heavy atom. The van der Waals surface area contributed by atoms with E-state index in [0.29, 0.717) is 18.5 Å². The van der Waals surface area contributed by atoms with E-state index in [2.05, 4.69) is 11.8 Å². The van der Waals surface area contributed by atoms with Gasteiger partial charge in [-0.15, -0.1) is 0 Å². The minimum absolute atomic E-state index is 0.218. The number of carbonyl (C=O) groups is 1. The highest BCUT2D eigenvalue weighted by atomic mass is 16.2. The van der Waals surface area contributed by atoms with E-state index in [0.717, 1.165) is 31.2 Å². The van der Waals surface area contributed by atoms with Gasteiger partial charge in [0.15, 0.2) is 0 Å². The summed E-state index contributed by atoms with van der Waals surface area (Å²) in [5.41, 5.74) is 5.82. The molecule has 0 radical (unpaired) electrons.